The Morgan fingerprint density at radius 3 is 2.64 bits per heavy atom. The van der Waals surface area contributed by atoms with Crippen molar-refractivity contribution in [3.63, 3.8) is 0 Å². The molecule has 0 aromatic heterocycles. The Labute approximate surface area is 81.1 Å². The van der Waals surface area contributed by atoms with Gasteiger partial charge in [0.2, 0.25) is 6.41 Å². The lowest BCUT2D eigenvalue weighted by Gasteiger charge is -2.06. The molecule has 0 radical (unpaired) electrons. The standard InChI is InChI=1S/C10H9NO3/c12-7-11-6-9(14-10(11)13)8-4-2-1-3-5-8/h1-5,7,9H,6H2/t9-/m0/s1. The minimum absolute atomic E-state index is 0.298. The molecular formula is C10H9NO3. The van der Waals surface area contributed by atoms with Crippen LogP contribution in [0.25, 0.3) is 0 Å². The van der Waals surface area contributed by atoms with Crippen LogP contribution in [-0.2, 0) is 9.53 Å². The molecule has 4 heteroatoms. The minimum atomic E-state index is -0.575. The van der Waals surface area contributed by atoms with Gasteiger partial charge in [0.1, 0.15) is 6.10 Å². The Morgan fingerprint density at radius 1 is 1.36 bits per heavy atom. The second-order valence-corrected chi connectivity index (χ2v) is 3.04. The third kappa shape index (κ3) is 1.46. The number of nitrogens with zero attached hydrogens (tertiary/aromatic N) is 1. The molecule has 1 aliphatic rings. The van der Waals surface area contributed by atoms with E-state index in [0.29, 0.717) is 13.0 Å². The Balaban J connectivity index is 2.16. The minimum Gasteiger partial charge on any atom is -0.439 e. The highest BCUT2D eigenvalue weighted by Crippen LogP contribution is 2.24. The summed E-state index contributed by atoms with van der Waals surface area (Å²) >= 11 is 0. The van der Waals surface area contributed by atoms with Crippen molar-refractivity contribution in [1.82, 2.24) is 4.90 Å². The van der Waals surface area contributed by atoms with E-state index in [1.165, 1.54) is 0 Å². The fourth-order valence-corrected chi connectivity index (χ4v) is 1.41. The van der Waals surface area contributed by atoms with E-state index in [0.717, 1.165) is 10.5 Å². The van der Waals surface area contributed by atoms with Gasteiger partial charge in [0, 0.05) is 0 Å². The first-order valence-electron chi connectivity index (χ1n) is 4.29. The van der Waals surface area contributed by atoms with Gasteiger partial charge >= 0.3 is 6.09 Å². The van der Waals surface area contributed by atoms with Gasteiger partial charge in [0.05, 0.1) is 6.54 Å². The fourth-order valence-electron chi connectivity index (χ4n) is 1.41. The van der Waals surface area contributed by atoms with Crippen LogP contribution in [0, 0.1) is 0 Å². The maximum atomic E-state index is 11.1. The number of hydrogen-bond acceptors (Lipinski definition) is 3. The van der Waals surface area contributed by atoms with Crippen LogP contribution in [0.4, 0.5) is 4.79 Å². The van der Waals surface area contributed by atoms with Crippen LogP contribution in [0.3, 0.4) is 0 Å². The van der Waals surface area contributed by atoms with Crippen LogP contribution in [0.15, 0.2) is 30.3 Å². The zero-order valence-electron chi connectivity index (χ0n) is 7.42. The largest absolute Gasteiger partial charge is 0.439 e. The molecule has 1 aliphatic heterocycles. The molecule has 1 saturated heterocycles. The van der Waals surface area contributed by atoms with E-state index < -0.39 is 6.09 Å². The molecule has 1 aromatic carbocycles. The van der Waals surface area contributed by atoms with E-state index in [1.807, 2.05) is 30.3 Å². The monoisotopic (exact) mass is 191 g/mol. The van der Waals surface area contributed by atoms with Crippen LogP contribution < -0.4 is 0 Å². The molecule has 1 heterocycles. The molecule has 1 atom stereocenters. The summed E-state index contributed by atoms with van der Waals surface area (Å²) in [6.07, 6.45) is -0.409. The topological polar surface area (TPSA) is 46.6 Å². The van der Waals surface area contributed by atoms with Gasteiger partial charge in [-0.05, 0) is 5.56 Å². The summed E-state index contributed by atoms with van der Waals surface area (Å²) in [7, 11) is 0. The van der Waals surface area contributed by atoms with Gasteiger partial charge in [-0.1, -0.05) is 30.3 Å². The lowest BCUT2D eigenvalue weighted by atomic mass is 10.1. The number of hydrogen-bond donors (Lipinski definition) is 0. The molecule has 72 valence electrons. The molecule has 4 nitrogen and oxygen atoms in total. The van der Waals surface area contributed by atoms with Gasteiger partial charge in [0.25, 0.3) is 0 Å². The summed E-state index contributed by atoms with van der Waals surface area (Å²) in [4.78, 5) is 22.5. The average Bonchev–Trinajstić information content (AvgIpc) is 2.61. The average molecular weight is 191 g/mol. The number of amides is 2. The zero-order valence-corrected chi connectivity index (χ0v) is 7.42. The number of rotatable bonds is 2. The highest BCUT2D eigenvalue weighted by Gasteiger charge is 2.31. The SMILES string of the molecule is O=CN1C[C@@H](c2ccccc2)OC1=O. The van der Waals surface area contributed by atoms with E-state index in [1.54, 1.807) is 0 Å². The van der Waals surface area contributed by atoms with Crippen molar-refractivity contribution >= 4 is 12.5 Å². The summed E-state index contributed by atoms with van der Waals surface area (Å²) in [6.45, 7) is 0.298. The van der Waals surface area contributed by atoms with Gasteiger partial charge in [0.15, 0.2) is 0 Å². The predicted octanol–water partition coefficient (Wildman–Crippen LogP) is 1.34. The van der Waals surface area contributed by atoms with Crippen molar-refractivity contribution in [2.45, 2.75) is 6.10 Å². The van der Waals surface area contributed by atoms with Gasteiger partial charge in [-0.15, -0.1) is 0 Å². The first-order valence-corrected chi connectivity index (χ1v) is 4.29. The van der Waals surface area contributed by atoms with Crippen LogP contribution in [-0.4, -0.2) is 23.9 Å². The molecular weight excluding hydrogens is 182 g/mol. The summed E-state index contributed by atoms with van der Waals surface area (Å²) in [5, 5.41) is 0. The van der Waals surface area contributed by atoms with Gasteiger partial charge < -0.3 is 4.74 Å². The smallest absolute Gasteiger partial charge is 0.417 e. The van der Waals surface area contributed by atoms with Crippen molar-refractivity contribution in [3.8, 4) is 0 Å². The Kier molecular flexibility index (Phi) is 2.18. The van der Waals surface area contributed by atoms with Crippen LogP contribution in [0.1, 0.15) is 11.7 Å². The lowest BCUT2D eigenvalue weighted by Crippen LogP contribution is -2.21. The van der Waals surface area contributed by atoms with Crippen molar-refractivity contribution in [3.05, 3.63) is 35.9 Å². The van der Waals surface area contributed by atoms with E-state index in [9.17, 15) is 9.59 Å². The number of carbonyl (C=O) groups excluding carboxylic acids is 2. The Bertz CT molecular complexity index is 350. The zero-order chi connectivity index (χ0) is 9.97. The molecule has 0 unspecified atom stereocenters. The summed E-state index contributed by atoms with van der Waals surface area (Å²) in [5.41, 5.74) is 0.908. The molecule has 1 fully saturated rings. The summed E-state index contributed by atoms with van der Waals surface area (Å²) < 4.78 is 5.01. The fraction of sp³-hybridized carbons (Fsp3) is 0.200. The van der Waals surface area contributed by atoms with Crippen LogP contribution in [0.5, 0.6) is 0 Å². The quantitative estimate of drug-likeness (QED) is 0.662. The summed E-state index contributed by atoms with van der Waals surface area (Å²) in [5.74, 6) is 0. The number of ether oxygens (including phenoxy) is 1. The van der Waals surface area contributed by atoms with E-state index >= 15 is 0 Å². The summed E-state index contributed by atoms with van der Waals surface area (Å²) in [6, 6.07) is 9.36. The molecule has 0 aliphatic carbocycles. The first kappa shape index (κ1) is 8.74. The highest BCUT2D eigenvalue weighted by atomic mass is 16.6. The van der Waals surface area contributed by atoms with Gasteiger partial charge in [-0.3, -0.25) is 4.79 Å². The molecule has 2 amide bonds. The third-order valence-corrected chi connectivity index (χ3v) is 2.14. The van der Waals surface area contributed by atoms with Crippen molar-refractivity contribution in [2.24, 2.45) is 0 Å². The number of carbonyl (C=O) groups is 2. The molecule has 0 N–H and O–H groups in total. The van der Waals surface area contributed by atoms with Crippen molar-refractivity contribution in [1.29, 1.82) is 0 Å². The highest BCUT2D eigenvalue weighted by molar-refractivity contribution is 5.82. The second kappa shape index (κ2) is 3.49. The van der Waals surface area contributed by atoms with Crippen molar-refractivity contribution < 1.29 is 14.3 Å². The van der Waals surface area contributed by atoms with Gasteiger partial charge in [-0.25, -0.2) is 9.69 Å². The van der Waals surface area contributed by atoms with Crippen LogP contribution >= 0.6 is 0 Å². The number of imide groups is 1. The van der Waals surface area contributed by atoms with Gasteiger partial charge in [-0.2, -0.15) is 0 Å². The molecule has 1 aromatic rings. The number of benzene rings is 1. The Morgan fingerprint density at radius 2 is 2.07 bits per heavy atom. The molecule has 14 heavy (non-hydrogen) atoms. The third-order valence-electron chi connectivity index (χ3n) is 2.14. The lowest BCUT2D eigenvalue weighted by molar-refractivity contribution is -0.115. The predicted molar refractivity (Wildman–Crippen MR) is 48.4 cm³/mol. The maximum Gasteiger partial charge on any atom is 0.417 e. The normalized spacial score (nSPS) is 20.7. The van der Waals surface area contributed by atoms with Crippen LogP contribution in [0.2, 0.25) is 0 Å². The molecule has 0 bridgehead atoms. The maximum absolute atomic E-state index is 11.1. The first-order chi connectivity index (χ1) is 6.81. The molecule has 2 rings (SSSR count). The van der Waals surface area contributed by atoms with Crippen molar-refractivity contribution in [2.75, 3.05) is 6.54 Å². The van der Waals surface area contributed by atoms with E-state index in [-0.39, 0.29) is 6.10 Å². The van der Waals surface area contributed by atoms with E-state index in [4.69, 9.17) is 4.74 Å². The molecule has 0 spiro atoms. The van der Waals surface area contributed by atoms with E-state index in [2.05, 4.69) is 0 Å². The second-order valence-electron chi connectivity index (χ2n) is 3.04. The molecule has 0 saturated carbocycles. The number of cyclic esters (lactones) is 1. The Hall–Kier alpha value is -1.84.